The number of aliphatic carboxylic acids is 1. The third-order valence-electron chi connectivity index (χ3n) is 3.98. The molecule has 3 N–H and O–H groups in total. The number of amides is 2. The van der Waals surface area contributed by atoms with Gasteiger partial charge in [-0.15, -0.1) is 0 Å². The Morgan fingerprint density at radius 1 is 1.44 bits per heavy atom. The molecule has 0 aromatic rings. The minimum absolute atomic E-state index is 0.00409. The molecule has 1 aliphatic heterocycles. The molecule has 2 aliphatic rings. The molecule has 18 heavy (non-hydrogen) atoms. The Kier molecular flexibility index (Phi) is 3.04. The van der Waals surface area contributed by atoms with Gasteiger partial charge in [-0.05, 0) is 11.8 Å². The van der Waals surface area contributed by atoms with Crippen LogP contribution in [0.2, 0.25) is 0 Å². The highest BCUT2D eigenvalue weighted by atomic mass is 16.4. The molecule has 0 radical (unpaired) electrons. The van der Waals surface area contributed by atoms with Crippen LogP contribution >= 0.6 is 0 Å². The molecule has 100 valence electrons. The molecule has 0 aromatic heterocycles. The van der Waals surface area contributed by atoms with Gasteiger partial charge in [-0.25, -0.2) is 0 Å². The van der Waals surface area contributed by atoms with Crippen LogP contribution in [0.1, 0.15) is 26.7 Å². The van der Waals surface area contributed by atoms with E-state index in [9.17, 15) is 14.4 Å². The van der Waals surface area contributed by atoms with Crippen molar-refractivity contribution in [1.29, 1.82) is 0 Å². The first kappa shape index (κ1) is 12.9. The minimum Gasteiger partial charge on any atom is -0.481 e. The zero-order valence-corrected chi connectivity index (χ0v) is 10.5. The molecule has 2 fully saturated rings. The standard InChI is InChI=1S/C12H18N2O4/c1-12(2)8(9(12)11(17)18)10(16)13-5-6-3-4-7(15)14-6/h6,8-9H,3-5H2,1-2H3,(H,13,16)(H,14,15)(H,17,18)/t6?,8-,9+/m1/s1. The zero-order valence-electron chi connectivity index (χ0n) is 10.5. The smallest absolute Gasteiger partial charge is 0.307 e. The second kappa shape index (κ2) is 4.26. The summed E-state index contributed by atoms with van der Waals surface area (Å²) in [6.07, 6.45) is 1.21. The predicted octanol–water partition coefficient (Wildman–Crippen LogP) is -0.262. The van der Waals surface area contributed by atoms with E-state index in [0.717, 1.165) is 6.42 Å². The number of carbonyl (C=O) groups excluding carboxylic acids is 2. The third kappa shape index (κ3) is 2.19. The van der Waals surface area contributed by atoms with Crippen LogP contribution in [-0.2, 0) is 14.4 Å². The molecule has 1 unspecified atom stereocenters. The van der Waals surface area contributed by atoms with Gasteiger partial charge in [0.1, 0.15) is 0 Å². The Morgan fingerprint density at radius 3 is 2.56 bits per heavy atom. The van der Waals surface area contributed by atoms with E-state index >= 15 is 0 Å². The van der Waals surface area contributed by atoms with Gasteiger partial charge in [-0.2, -0.15) is 0 Å². The fraction of sp³-hybridized carbons (Fsp3) is 0.750. The SMILES string of the molecule is CC1(C)[C@H](C(=O)O)[C@@H]1C(=O)NCC1CCC(=O)N1. The lowest BCUT2D eigenvalue weighted by molar-refractivity contribution is -0.140. The summed E-state index contributed by atoms with van der Waals surface area (Å²) in [6, 6.07) is -0.0217. The second-order valence-corrected chi connectivity index (χ2v) is 5.66. The Bertz CT molecular complexity index is 405. The molecule has 6 nitrogen and oxygen atoms in total. The molecule has 1 saturated carbocycles. The molecule has 1 aliphatic carbocycles. The molecule has 6 heteroatoms. The molecule has 0 bridgehead atoms. The van der Waals surface area contributed by atoms with Gasteiger partial charge in [0.15, 0.2) is 0 Å². The quantitative estimate of drug-likeness (QED) is 0.644. The van der Waals surface area contributed by atoms with E-state index in [-0.39, 0.29) is 17.9 Å². The summed E-state index contributed by atoms with van der Waals surface area (Å²) in [5.74, 6) is -2.21. The van der Waals surface area contributed by atoms with Crippen LogP contribution in [0.25, 0.3) is 0 Å². The maximum absolute atomic E-state index is 11.9. The lowest BCUT2D eigenvalue weighted by Gasteiger charge is -2.11. The monoisotopic (exact) mass is 254 g/mol. The molecule has 2 amide bonds. The van der Waals surface area contributed by atoms with Crippen LogP contribution in [0.4, 0.5) is 0 Å². The normalized spacial score (nSPS) is 32.8. The van der Waals surface area contributed by atoms with Gasteiger partial charge in [-0.1, -0.05) is 13.8 Å². The van der Waals surface area contributed by atoms with E-state index in [1.165, 1.54) is 0 Å². The number of carboxylic acid groups (broad SMARTS) is 1. The van der Waals surface area contributed by atoms with Crippen molar-refractivity contribution >= 4 is 17.8 Å². The van der Waals surface area contributed by atoms with E-state index < -0.39 is 23.2 Å². The molecule has 0 aromatic carbocycles. The highest BCUT2D eigenvalue weighted by Gasteiger charge is 2.65. The summed E-state index contributed by atoms with van der Waals surface area (Å²) in [5, 5.41) is 14.5. The van der Waals surface area contributed by atoms with Crippen molar-refractivity contribution in [2.45, 2.75) is 32.7 Å². The largest absolute Gasteiger partial charge is 0.481 e. The van der Waals surface area contributed by atoms with Gasteiger partial charge < -0.3 is 15.7 Å². The number of hydrogen-bond donors (Lipinski definition) is 3. The number of carbonyl (C=O) groups is 3. The molecular weight excluding hydrogens is 236 g/mol. The van der Waals surface area contributed by atoms with Crippen LogP contribution < -0.4 is 10.6 Å². The highest BCUT2D eigenvalue weighted by molar-refractivity contribution is 5.91. The average Bonchev–Trinajstić information content (AvgIpc) is 2.63. The predicted molar refractivity (Wildman–Crippen MR) is 62.6 cm³/mol. The molecule has 0 spiro atoms. The van der Waals surface area contributed by atoms with Crippen molar-refractivity contribution in [2.75, 3.05) is 6.54 Å². The number of carboxylic acids is 1. The fourth-order valence-corrected chi connectivity index (χ4v) is 2.75. The van der Waals surface area contributed by atoms with Crippen molar-refractivity contribution in [3.63, 3.8) is 0 Å². The number of nitrogens with one attached hydrogen (secondary N) is 2. The van der Waals surface area contributed by atoms with E-state index in [0.29, 0.717) is 13.0 Å². The number of rotatable bonds is 4. The number of hydrogen-bond acceptors (Lipinski definition) is 3. The molecule has 1 heterocycles. The van der Waals surface area contributed by atoms with Gasteiger partial charge >= 0.3 is 5.97 Å². The Hall–Kier alpha value is -1.59. The summed E-state index contributed by atoms with van der Waals surface area (Å²) in [5.41, 5.74) is -0.477. The Labute approximate surface area is 105 Å². The summed E-state index contributed by atoms with van der Waals surface area (Å²) in [4.78, 5) is 33.8. The van der Waals surface area contributed by atoms with Crippen molar-refractivity contribution in [3.8, 4) is 0 Å². The maximum Gasteiger partial charge on any atom is 0.307 e. The summed E-state index contributed by atoms with van der Waals surface area (Å²) >= 11 is 0. The van der Waals surface area contributed by atoms with Gasteiger partial charge in [0.2, 0.25) is 11.8 Å². The van der Waals surface area contributed by atoms with E-state index in [4.69, 9.17) is 5.11 Å². The lowest BCUT2D eigenvalue weighted by atomic mass is 10.1. The first-order valence-electron chi connectivity index (χ1n) is 6.14. The Morgan fingerprint density at radius 2 is 2.11 bits per heavy atom. The van der Waals surface area contributed by atoms with Crippen LogP contribution in [0.3, 0.4) is 0 Å². The third-order valence-corrected chi connectivity index (χ3v) is 3.98. The van der Waals surface area contributed by atoms with Crippen molar-refractivity contribution < 1.29 is 19.5 Å². The first-order chi connectivity index (χ1) is 8.34. The van der Waals surface area contributed by atoms with Gasteiger partial charge in [0, 0.05) is 19.0 Å². The van der Waals surface area contributed by atoms with Crippen molar-refractivity contribution in [3.05, 3.63) is 0 Å². The van der Waals surface area contributed by atoms with Crippen molar-refractivity contribution in [2.24, 2.45) is 17.3 Å². The fourth-order valence-electron chi connectivity index (χ4n) is 2.75. The lowest BCUT2D eigenvalue weighted by Crippen LogP contribution is -2.39. The van der Waals surface area contributed by atoms with Gasteiger partial charge in [0.05, 0.1) is 11.8 Å². The maximum atomic E-state index is 11.9. The van der Waals surface area contributed by atoms with Crippen LogP contribution in [-0.4, -0.2) is 35.5 Å². The summed E-state index contributed by atoms with van der Waals surface area (Å²) < 4.78 is 0. The summed E-state index contributed by atoms with van der Waals surface area (Å²) in [6.45, 7) is 3.95. The molecule has 3 atom stereocenters. The van der Waals surface area contributed by atoms with Crippen LogP contribution in [0.5, 0.6) is 0 Å². The van der Waals surface area contributed by atoms with E-state index in [2.05, 4.69) is 10.6 Å². The van der Waals surface area contributed by atoms with Gasteiger partial charge in [0.25, 0.3) is 0 Å². The molecule has 2 rings (SSSR count). The minimum atomic E-state index is -0.922. The second-order valence-electron chi connectivity index (χ2n) is 5.66. The zero-order chi connectivity index (χ0) is 13.5. The van der Waals surface area contributed by atoms with Crippen LogP contribution in [0, 0.1) is 17.3 Å². The van der Waals surface area contributed by atoms with E-state index in [1.807, 2.05) is 0 Å². The summed E-state index contributed by atoms with van der Waals surface area (Å²) in [7, 11) is 0. The van der Waals surface area contributed by atoms with E-state index in [1.54, 1.807) is 13.8 Å². The molecule has 1 saturated heterocycles. The molecular formula is C12H18N2O4. The first-order valence-corrected chi connectivity index (χ1v) is 6.14. The average molecular weight is 254 g/mol. The van der Waals surface area contributed by atoms with Gasteiger partial charge in [-0.3, -0.25) is 14.4 Å². The van der Waals surface area contributed by atoms with Crippen molar-refractivity contribution in [1.82, 2.24) is 10.6 Å². The topological polar surface area (TPSA) is 95.5 Å². The highest BCUT2D eigenvalue weighted by Crippen LogP contribution is 2.58. The van der Waals surface area contributed by atoms with Crippen LogP contribution in [0.15, 0.2) is 0 Å². The Balaban J connectivity index is 1.83.